The van der Waals surface area contributed by atoms with Gasteiger partial charge in [-0.2, -0.15) is 4.31 Å². The van der Waals surface area contributed by atoms with Crippen LogP contribution in [-0.4, -0.2) is 38.0 Å². The second-order valence-electron chi connectivity index (χ2n) is 6.53. The van der Waals surface area contributed by atoms with Crippen LogP contribution >= 0.6 is 0 Å². The molecule has 0 fully saturated rings. The second kappa shape index (κ2) is 8.96. The molecule has 2 aromatic rings. The average Bonchev–Trinajstić information content (AvgIpc) is 2.61. The summed E-state index contributed by atoms with van der Waals surface area (Å²) in [6.07, 6.45) is 2.73. The number of sulfonamides is 1. The maximum atomic E-state index is 12.8. The van der Waals surface area contributed by atoms with E-state index in [1.54, 1.807) is 24.3 Å². The van der Waals surface area contributed by atoms with Gasteiger partial charge < -0.3 is 5.32 Å². The van der Waals surface area contributed by atoms with E-state index in [0.717, 1.165) is 23.4 Å². The van der Waals surface area contributed by atoms with E-state index in [2.05, 4.69) is 17.4 Å². The Morgan fingerprint density at radius 1 is 1.04 bits per heavy atom. The van der Waals surface area contributed by atoms with E-state index >= 15 is 0 Å². The molecule has 2 aromatic carbocycles. The summed E-state index contributed by atoms with van der Waals surface area (Å²) in [4.78, 5) is 12.8. The highest BCUT2D eigenvalue weighted by Gasteiger charge is 2.31. The molecule has 0 unspecified atom stereocenters. The van der Waals surface area contributed by atoms with E-state index in [4.69, 9.17) is 0 Å². The average molecular weight is 375 g/mol. The zero-order chi connectivity index (χ0) is 19.2. The van der Waals surface area contributed by atoms with Crippen LogP contribution in [0.15, 0.2) is 60.7 Å². The van der Waals surface area contributed by atoms with Crippen molar-refractivity contribution in [2.24, 2.45) is 0 Å². The van der Waals surface area contributed by atoms with Crippen LogP contribution < -0.4 is 5.32 Å². The minimum absolute atomic E-state index is 0.0677. The van der Waals surface area contributed by atoms with Gasteiger partial charge >= 0.3 is 0 Å². The van der Waals surface area contributed by atoms with Crippen molar-refractivity contribution in [2.45, 2.75) is 31.8 Å². The highest BCUT2D eigenvalue weighted by Crippen LogP contribution is 2.22. The summed E-state index contributed by atoms with van der Waals surface area (Å²) in [7, 11) is -2.08. The number of carbonyl (C=O) groups is 1. The summed E-state index contributed by atoms with van der Waals surface area (Å²) in [5.41, 5.74) is 1.86. The number of hydrogen-bond donors (Lipinski definition) is 1. The third-order valence-electron chi connectivity index (χ3n) is 4.35. The molecule has 5 nitrogen and oxygen atoms in total. The molecule has 0 bridgehead atoms. The van der Waals surface area contributed by atoms with Gasteiger partial charge in [0.2, 0.25) is 15.9 Å². The molecule has 1 amide bonds. The number of hydrogen-bond acceptors (Lipinski definition) is 3. The topological polar surface area (TPSA) is 66.5 Å². The fourth-order valence-corrected chi connectivity index (χ4v) is 3.38. The van der Waals surface area contributed by atoms with Gasteiger partial charge in [0.15, 0.2) is 0 Å². The molecule has 140 valence electrons. The zero-order valence-electron chi connectivity index (χ0n) is 15.4. The van der Waals surface area contributed by atoms with Crippen molar-refractivity contribution in [3.63, 3.8) is 0 Å². The maximum absolute atomic E-state index is 12.8. The molecule has 0 saturated carbocycles. The van der Waals surface area contributed by atoms with Gasteiger partial charge in [-0.05, 0) is 30.9 Å². The Morgan fingerprint density at radius 3 is 2.12 bits per heavy atom. The first kappa shape index (κ1) is 20.1. The van der Waals surface area contributed by atoms with Crippen molar-refractivity contribution in [3.05, 3.63) is 71.8 Å². The largest absolute Gasteiger partial charge is 0.352 e. The highest BCUT2D eigenvalue weighted by molar-refractivity contribution is 7.88. The van der Waals surface area contributed by atoms with Crippen LogP contribution in [0.4, 0.5) is 0 Å². The van der Waals surface area contributed by atoms with Crippen LogP contribution in [0.25, 0.3) is 0 Å². The van der Waals surface area contributed by atoms with E-state index in [0.29, 0.717) is 5.56 Å². The summed E-state index contributed by atoms with van der Waals surface area (Å²) in [5.74, 6) is -0.315. The van der Waals surface area contributed by atoms with Crippen LogP contribution in [0.2, 0.25) is 0 Å². The molecule has 0 heterocycles. The molecule has 0 radical (unpaired) electrons. The second-order valence-corrected chi connectivity index (χ2v) is 8.57. The quantitative estimate of drug-likeness (QED) is 0.773. The molecule has 0 aliphatic rings. The van der Waals surface area contributed by atoms with Gasteiger partial charge in [0.25, 0.3) is 0 Å². The molecule has 0 aromatic heterocycles. The maximum Gasteiger partial charge on any atom is 0.243 e. The molecule has 2 atom stereocenters. The summed E-state index contributed by atoms with van der Waals surface area (Å²) in [6, 6.07) is 18.1. The van der Waals surface area contributed by atoms with Crippen molar-refractivity contribution in [2.75, 3.05) is 13.3 Å². The number of nitrogens with zero attached hydrogens (tertiary/aromatic N) is 1. The normalized spacial score (nSPS) is 14.0. The fourth-order valence-electron chi connectivity index (χ4n) is 2.78. The SMILES string of the molecule is C[C@H](CCc1ccccc1)NC(=O)[C@@H](c1ccccc1)N(C)S(C)(=O)=O. The van der Waals surface area contributed by atoms with Crippen LogP contribution in [0.5, 0.6) is 0 Å². The molecule has 1 N–H and O–H groups in total. The van der Waals surface area contributed by atoms with Crippen LogP contribution in [-0.2, 0) is 21.2 Å². The number of nitrogens with one attached hydrogen (secondary N) is 1. The lowest BCUT2D eigenvalue weighted by Gasteiger charge is -2.27. The van der Waals surface area contributed by atoms with E-state index in [1.807, 2.05) is 31.2 Å². The summed E-state index contributed by atoms with van der Waals surface area (Å²) < 4.78 is 25.1. The van der Waals surface area contributed by atoms with Gasteiger partial charge in [0.1, 0.15) is 6.04 Å². The Balaban J connectivity index is 2.08. The Kier molecular flexibility index (Phi) is 6.94. The molecular formula is C20H26N2O3S. The zero-order valence-corrected chi connectivity index (χ0v) is 16.2. The van der Waals surface area contributed by atoms with Gasteiger partial charge in [-0.3, -0.25) is 4.79 Å². The van der Waals surface area contributed by atoms with E-state index in [1.165, 1.54) is 12.6 Å². The number of amides is 1. The predicted molar refractivity (Wildman–Crippen MR) is 104 cm³/mol. The molecular weight excluding hydrogens is 348 g/mol. The molecule has 2 rings (SSSR count). The predicted octanol–water partition coefficient (Wildman–Crippen LogP) is 2.76. The van der Waals surface area contributed by atoms with E-state index in [9.17, 15) is 13.2 Å². The Labute approximate surface area is 156 Å². The van der Waals surface area contributed by atoms with E-state index < -0.39 is 16.1 Å². The molecule has 0 aliphatic heterocycles. The monoisotopic (exact) mass is 374 g/mol. The smallest absolute Gasteiger partial charge is 0.243 e. The minimum Gasteiger partial charge on any atom is -0.352 e. The summed E-state index contributed by atoms with van der Waals surface area (Å²) in [6.45, 7) is 1.93. The van der Waals surface area contributed by atoms with Crippen molar-refractivity contribution < 1.29 is 13.2 Å². The van der Waals surface area contributed by atoms with Crippen LogP contribution in [0.1, 0.15) is 30.5 Å². The fraction of sp³-hybridized carbons (Fsp3) is 0.350. The molecule has 0 aliphatic carbocycles. The van der Waals surface area contributed by atoms with Gasteiger partial charge in [0, 0.05) is 13.1 Å². The van der Waals surface area contributed by atoms with Gasteiger partial charge in [-0.1, -0.05) is 60.7 Å². The van der Waals surface area contributed by atoms with Crippen LogP contribution in [0.3, 0.4) is 0 Å². The first-order valence-corrected chi connectivity index (χ1v) is 10.5. The first-order valence-electron chi connectivity index (χ1n) is 8.61. The lowest BCUT2D eigenvalue weighted by molar-refractivity contribution is -0.125. The standard InChI is InChI=1S/C20H26N2O3S/c1-16(14-15-17-10-6-4-7-11-17)21-20(23)19(22(2)26(3,24)25)18-12-8-5-9-13-18/h4-13,16,19H,14-15H2,1-3H3,(H,21,23)/t16-,19-/m1/s1. The molecule has 0 saturated heterocycles. The van der Waals surface area contributed by atoms with Crippen molar-refractivity contribution in [3.8, 4) is 0 Å². The Bertz CT molecular complexity index is 807. The third-order valence-corrected chi connectivity index (χ3v) is 5.60. The molecule has 26 heavy (non-hydrogen) atoms. The van der Waals surface area contributed by atoms with Crippen molar-refractivity contribution in [1.29, 1.82) is 0 Å². The highest BCUT2D eigenvalue weighted by atomic mass is 32.2. The first-order chi connectivity index (χ1) is 12.3. The molecule has 6 heteroatoms. The molecule has 0 spiro atoms. The van der Waals surface area contributed by atoms with Gasteiger partial charge in [-0.15, -0.1) is 0 Å². The lowest BCUT2D eigenvalue weighted by atomic mass is 10.0. The van der Waals surface area contributed by atoms with Crippen molar-refractivity contribution >= 4 is 15.9 Å². The Morgan fingerprint density at radius 2 is 1.58 bits per heavy atom. The lowest BCUT2D eigenvalue weighted by Crippen LogP contribution is -2.44. The van der Waals surface area contributed by atoms with Gasteiger partial charge in [0.05, 0.1) is 6.26 Å². The van der Waals surface area contributed by atoms with E-state index in [-0.39, 0.29) is 11.9 Å². The third kappa shape index (κ3) is 5.68. The summed E-state index contributed by atoms with van der Waals surface area (Å²) in [5, 5.41) is 2.96. The number of carbonyl (C=O) groups excluding carboxylic acids is 1. The number of rotatable bonds is 8. The summed E-state index contributed by atoms with van der Waals surface area (Å²) >= 11 is 0. The van der Waals surface area contributed by atoms with Crippen molar-refractivity contribution in [1.82, 2.24) is 9.62 Å². The number of benzene rings is 2. The minimum atomic E-state index is -3.51. The number of likely N-dealkylation sites (N-methyl/N-ethyl adjacent to an activating group) is 1. The van der Waals surface area contributed by atoms with Crippen LogP contribution in [0, 0.1) is 0 Å². The number of aryl methyl sites for hydroxylation is 1. The van der Waals surface area contributed by atoms with Gasteiger partial charge in [-0.25, -0.2) is 8.42 Å². The Hall–Kier alpha value is -2.18.